The first-order chi connectivity index (χ1) is 15.2. The van der Waals surface area contributed by atoms with E-state index >= 15 is 0 Å². The molecule has 1 aliphatic rings. The van der Waals surface area contributed by atoms with Crippen molar-refractivity contribution in [2.45, 2.75) is 37.2 Å². The van der Waals surface area contributed by atoms with Gasteiger partial charge in [0, 0.05) is 30.6 Å². The Bertz CT molecular complexity index is 1070. The summed E-state index contributed by atoms with van der Waals surface area (Å²) in [6.07, 6.45) is 0.667. The van der Waals surface area contributed by atoms with Crippen molar-refractivity contribution >= 4 is 33.4 Å². The van der Waals surface area contributed by atoms with Crippen molar-refractivity contribution in [3.05, 3.63) is 64.9 Å². The van der Waals surface area contributed by atoms with E-state index in [1.807, 2.05) is 6.07 Å². The molecule has 0 aromatic heterocycles. The molecule has 2 aromatic carbocycles. The Balaban J connectivity index is 1.49. The molecule has 0 spiro atoms. The molecule has 0 radical (unpaired) electrons. The maximum absolute atomic E-state index is 13.1. The molecule has 2 amide bonds. The zero-order chi connectivity index (χ0) is 23.3. The molecule has 0 bridgehead atoms. The van der Waals surface area contributed by atoms with Crippen molar-refractivity contribution in [1.29, 1.82) is 0 Å². The molecule has 172 valence electrons. The number of hydrogen-bond donors (Lipinski definition) is 2. The molecule has 3 rings (SSSR count). The van der Waals surface area contributed by atoms with Crippen molar-refractivity contribution in [2.24, 2.45) is 5.92 Å². The van der Waals surface area contributed by atoms with Gasteiger partial charge in [-0.2, -0.15) is 4.31 Å². The van der Waals surface area contributed by atoms with Crippen molar-refractivity contribution in [3.8, 4) is 0 Å². The Morgan fingerprint density at radius 2 is 1.75 bits per heavy atom. The number of rotatable bonds is 7. The molecule has 1 aliphatic heterocycles. The van der Waals surface area contributed by atoms with E-state index in [1.54, 1.807) is 25.1 Å². The molecule has 1 heterocycles. The van der Waals surface area contributed by atoms with E-state index in [-0.39, 0.29) is 36.3 Å². The average molecular weight is 482 g/mol. The number of halogens is 2. The molecule has 0 unspecified atom stereocenters. The molecule has 7 nitrogen and oxygen atoms in total. The molecule has 1 atom stereocenters. The van der Waals surface area contributed by atoms with E-state index in [4.69, 9.17) is 11.6 Å². The van der Waals surface area contributed by atoms with Crippen LogP contribution in [-0.2, 0) is 26.2 Å². The van der Waals surface area contributed by atoms with Gasteiger partial charge in [0.1, 0.15) is 11.9 Å². The lowest BCUT2D eigenvalue weighted by Crippen LogP contribution is -2.49. The summed E-state index contributed by atoms with van der Waals surface area (Å²) < 4.78 is 39.8. The molecule has 2 aromatic rings. The fourth-order valence-electron chi connectivity index (χ4n) is 3.49. The van der Waals surface area contributed by atoms with Crippen molar-refractivity contribution < 1.29 is 22.4 Å². The fourth-order valence-corrected chi connectivity index (χ4v) is 5.16. The zero-order valence-electron chi connectivity index (χ0n) is 17.6. The number of carbonyl (C=O) groups excluding carboxylic acids is 2. The Hall–Kier alpha value is -2.49. The molecule has 2 N–H and O–H groups in total. The van der Waals surface area contributed by atoms with Crippen LogP contribution in [0.1, 0.15) is 25.3 Å². The third kappa shape index (κ3) is 5.85. The molecular weight excluding hydrogens is 457 g/mol. The average Bonchev–Trinajstić information content (AvgIpc) is 2.78. The van der Waals surface area contributed by atoms with Crippen LogP contribution >= 0.6 is 11.6 Å². The summed E-state index contributed by atoms with van der Waals surface area (Å²) in [4.78, 5) is 24.9. The quantitative estimate of drug-likeness (QED) is 0.635. The number of amides is 2. The van der Waals surface area contributed by atoms with Crippen molar-refractivity contribution in [2.75, 3.05) is 13.1 Å². The molecule has 32 heavy (non-hydrogen) atoms. The smallest absolute Gasteiger partial charge is 0.243 e. The molecule has 1 saturated heterocycles. The highest BCUT2D eigenvalue weighted by Gasteiger charge is 2.33. The lowest BCUT2D eigenvalue weighted by Gasteiger charge is -2.31. The summed E-state index contributed by atoms with van der Waals surface area (Å²) in [5.41, 5.74) is 0.774. The highest BCUT2D eigenvalue weighted by atomic mass is 35.5. The highest BCUT2D eigenvalue weighted by molar-refractivity contribution is 7.89. The van der Waals surface area contributed by atoms with Gasteiger partial charge in [-0.15, -0.1) is 0 Å². The Labute approximate surface area is 192 Å². The van der Waals surface area contributed by atoms with Crippen LogP contribution in [-0.4, -0.2) is 43.7 Å². The maximum atomic E-state index is 13.1. The topological polar surface area (TPSA) is 95.6 Å². The summed E-state index contributed by atoms with van der Waals surface area (Å²) in [6, 6.07) is 11.1. The van der Waals surface area contributed by atoms with Gasteiger partial charge in [0.25, 0.3) is 0 Å². The van der Waals surface area contributed by atoms with E-state index in [1.165, 1.54) is 16.4 Å². The van der Waals surface area contributed by atoms with Gasteiger partial charge in [0.15, 0.2) is 0 Å². The molecular formula is C22H25ClFN3O4S. The predicted octanol–water partition coefficient (Wildman–Crippen LogP) is 2.70. The maximum Gasteiger partial charge on any atom is 0.243 e. The minimum atomic E-state index is -3.74. The minimum absolute atomic E-state index is 0.0191. The summed E-state index contributed by atoms with van der Waals surface area (Å²) in [5.74, 6) is -1.53. The van der Waals surface area contributed by atoms with E-state index in [0.717, 1.165) is 17.7 Å². The first-order valence-corrected chi connectivity index (χ1v) is 12.1. The van der Waals surface area contributed by atoms with Crippen molar-refractivity contribution in [1.82, 2.24) is 14.9 Å². The van der Waals surface area contributed by atoms with Gasteiger partial charge >= 0.3 is 0 Å². The summed E-state index contributed by atoms with van der Waals surface area (Å²) in [5, 5.41) is 5.99. The SMILES string of the molecule is C[C@@H](NC(=O)C1CCN(S(=O)(=O)c2ccc(F)cc2)CC1)C(=O)NCc1ccccc1Cl. The molecule has 10 heteroatoms. The van der Waals surface area contributed by atoms with E-state index in [0.29, 0.717) is 17.9 Å². The van der Waals surface area contributed by atoms with Crippen molar-refractivity contribution in [3.63, 3.8) is 0 Å². The second kappa shape index (κ2) is 10.4. The van der Waals surface area contributed by atoms with Crippen LogP contribution in [0.5, 0.6) is 0 Å². The van der Waals surface area contributed by atoms with Crippen LogP contribution in [0, 0.1) is 11.7 Å². The highest BCUT2D eigenvalue weighted by Crippen LogP contribution is 2.24. The third-order valence-electron chi connectivity index (χ3n) is 5.44. The summed E-state index contributed by atoms with van der Waals surface area (Å²) >= 11 is 6.08. The van der Waals surface area contributed by atoms with Crippen LogP contribution in [0.15, 0.2) is 53.4 Å². The Morgan fingerprint density at radius 1 is 1.12 bits per heavy atom. The first-order valence-electron chi connectivity index (χ1n) is 10.3. The summed E-state index contributed by atoms with van der Waals surface area (Å²) in [7, 11) is -3.74. The van der Waals surface area contributed by atoms with Gasteiger partial charge in [-0.1, -0.05) is 29.8 Å². The Kier molecular flexibility index (Phi) is 7.86. The summed E-state index contributed by atoms with van der Waals surface area (Å²) in [6.45, 7) is 2.18. The number of hydrogen-bond acceptors (Lipinski definition) is 4. The van der Waals surface area contributed by atoms with Crippen LogP contribution in [0.3, 0.4) is 0 Å². The van der Waals surface area contributed by atoms with Gasteiger partial charge in [-0.3, -0.25) is 9.59 Å². The van der Waals surface area contributed by atoms with Gasteiger partial charge in [0.05, 0.1) is 4.90 Å². The number of benzene rings is 2. The third-order valence-corrected chi connectivity index (χ3v) is 7.72. The number of nitrogens with zero attached hydrogens (tertiary/aromatic N) is 1. The van der Waals surface area contributed by atoms with Crippen LogP contribution in [0.25, 0.3) is 0 Å². The second-order valence-corrected chi connectivity index (χ2v) is 10.0. The lowest BCUT2D eigenvalue weighted by molar-refractivity contribution is -0.131. The number of nitrogens with one attached hydrogen (secondary N) is 2. The van der Waals surface area contributed by atoms with Crippen LogP contribution < -0.4 is 10.6 Å². The van der Waals surface area contributed by atoms with Gasteiger partial charge in [-0.25, -0.2) is 12.8 Å². The normalized spacial score (nSPS) is 16.3. The van der Waals surface area contributed by atoms with E-state index < -0.39 is 27.8 Å². The standard InChI is InChI=1S/C22H25ClFN3O4S/c1-15(21(28)25-14-17-4-2-3-5-20(17)23)26-22(29)16-10-12-27(13-11-16)32(30,31)19-8-6-18(24)7-9-19/h2-9,15-16H,10-14H2,1H3,(H,25,28)(H,26,29)/t15-/m1/s1. The fraction of sp³-hybridized carbons (Fsp3) is 0.364. The number of piperidine rings is 1. The van der Waals surface area contributed by atoms with E-state index in [9.17, 15) is 22.4 Å². The Morgan fingerprint density at radius 3 is 2.38 bits per heavy atom. The van der Waals surface area contributed by atoms with Gasteiger partial charge < -0.3 is 10.6 Å². The largest absolute Gasteiger partial charge is 0.350 e. The van der Waals surface area contributed by atoms with Gasteiger partial charge in [0.2, 0.25) is 21.8 Å². The van der Waals surface area contributed by atoms with Gasteiger partial charge in [-0.05, 0) is 55.7 Å². The second-order valence-electron chi connectivity index (χ2n) is 7.67. The first kappa shape index (κ1) is 24.2. The van der Waals surface area contributed by atoms with Crippen LogP contribution in [0.4, 0.5) is 4.39 Å². The number of sulfonamides is 1. The molecule has 1 fully saturated rings. The van der Waals surface area contributed by atoms with E-state index in [2.05, 4.69) is 10.6 Å². The van der Waals surface area contributed by atoms with Crippen LogP contribution in [0.2, 0.25) is 5.02 Å². The molecule has 0 saturated carbocycles. The zero-order valence-corrected chi connectivity index (χ0v) is 19.1. The minimum Gasteiger partial charge on any atom is -0.350 e. The lowest BCUT2D eigenvalue weighted by atomic mass is 9.97. The monoisotopic (exact) mass is 481 g/mol. The number of carbonyl (C=O) groups is 2. The molecule has 0 aliphatic carbocycles. The predicted molar refractivity (Wildman–Crippen MR) is 119 cm³/mol.